The van der Waals surface area contributed by atoms with Crippen molar-refractivity contribution in [3.63, 3.8) is 0 Å². The van der Waals surface area contributed by atoms with E-state index in [0.29, 0.717) is 24.7 Å². The van der Waals surface area contributed by atoms with E-state index in [1.807, 2.05) is 36.4 Å². The molecule has 23 heavy (non-hydrogen) atoms. The van der Waals surface area contributed by atoms with Gasteiger partial charge in [0.15, 0.2) is 0 Å². The summed E-state index contributed by atoms with van der Waals surface area (Å²) in [6.45, 7) is 1.23. The quantitative estimate of drug-likeness (QED) is 0.573. The van der Waals surface area contributed by atoms with Gasteiger partial charge in [-0.1, -0.05) is 37.1 Å². The van der Waals surface area contributed by atoms with E-state index in [2.05, 4.69) is 12.8 Å². The van der Waals surface area contributed by atoms with Crippen LogP contribution < -0.4 is 19.5 Å². The maximum Gasteiger partial charge on any atom is 0.329 e. The second kappa shape index (κ2) is 8.95. The molecular weight excluding hydrogens is 312 g/mol. The first-order valence-electron chi connectivity index (χ1n) is 7.36. The number of amides is 2. The number of carbonyl (C=O) groups is 1. The van der Waals surface area contributed by atoms with E-state index in [-0.39, 0.29) is 0 Å². The number of anilines is 1. The Kier molecular flexibility index (Phi) is 6.62. The number of primary amides is 1. The lowest BCUT2D eigenvalue weighted by Gasteiger charge is -2.14. The minimum Gasteiger partial charge on any atom is -0.494 e. The van der Waals surface area contributed by atoms with Crippen LogP contribution in [0, 0.1) is 0 Å². The Morgan fingerprint density at radius 3 is 2.22 bits per heavy atom. The maximum absolute atomic E-state index is 11.1. The molecule has 0 spiro atoms. The van der Waals surface area contributed by atoms with E-state index in [4.69, 9.17) is 15.2 Å². The minimum absolute atomic E-state index is 0.574. The lowest BCUT2D eigenvalue weighted by Crippen LogP contribution is -2.27. The van der Waals surface area contributed by atoms with Crippen molar-refractivity contribution < 1.29 is 14.3 Å². The van der Waals surface area contributed by atoms with Gasteiger partial charge in [-0.25, -0.2) is 9.10 Å². The van der Waals surface area contributed by atoms with E-state index in [0.717, 1.165) is 22.9 Å². The largest absolute Gasteiger partial charge is 0.494 e. The van der Waals surface area contributed by atoms with Crippen molar-refractivity contribution in [2.45, 2.75) is 12.8 Å². The fourth-order valence-corrected chi connectivity index (χ4v) is 2.06. The molecule has 0 atom stereocenters. The van der Waals surface area contributed by atoms with E-state index in [9.17, 15) is 4.79 Å². The predicted octanol–water partition coefficient (Wildman–Crippen LogP) is 3.65. The number of nitrogens with two attached hydrogens (primary N) is 1. The molecule has 0 aliphatic rings. The predicted molar refractivity (Wildman–Crippen MR) is 94.2 cm³/mol. The molecule has 0 radical (unpaired) electrons. The van der Waals surface area contributed by atoms with Gasteiger partial charge in [0.25, 0.3) is 0 Å². The fraction of sp³-hybridized carbons (Fsp3) is 0.235. The van der Waals surface area contributed by atoms with Crippen LogP contribution in [0.4, 0.5) is 10.5 Å². The van der Waals surface area contributed by atoms with Gasteiger partial charge in [0.2, 0.25) is 0 Å². The first-order valence-corrected chi connectivity index (χ1v) is 7.76. The molecular formula is C17H20N2O3S. The Morgan fingerprint density at radius 1 is 0.957 bits per heavy atom. The van der Waals surface area contributed by atoms with Crippen LogP contribution in [0.1, 0.15) is 12.8 Å². The van der Waals surface area contributed by atoms with Crippen molar-refractivity contribution in [1.29, 1.82) is 0 Å². The number of ether oxygens (including phenoxy) is 2. The second-order valence-electron chi connectivity index (χ2n) is 4.86. The molecule has 2 N–H and O–H groups in total. The lowest BCUT2D eigenvalue weighted by atomic mass is 10.3. The Hall–Kier alpha value is -2.34. The number of benzene rings is 2. The molecule has 2 rings (SSSR count). The number of para-hydroxylation sites is 1. The summed E-state index contributed by atoms with van der Waals surface area (Å²) in [4.78, 5) is 11.1. The van der Waals surface area contributed by atoms with Gasteiger partial charge in [-0.2, -0.15) is 0 Å². The van der Waals surface area contributed by atoms with E-state index in [1.165, 1.54) is 0 Å². The molecule has 2 aromatic rings. The van der Waals surface area contributed by atoms with Gasteiger partial charge < -0.3 is 15.2 Å². The van der Waals surface area contributed by atoms with Gasteiger partial charge >= 0.3 is 6.03 Å². The SMILES string of the molecule is NC(=O)N(S)c1cccc(OCCCCOc2ccccc2)c1. The summed E-state index contributed by atoms with van der Waals surface area (Å²) in [6, 6.07) is 16.2. The molecule has 0 aliphatic heterocycles. The van der Waals surface area contributed by atoms with Gasteiger partial charge in [0.05, 0.1) is 18.9 Å². The highest BCUT2D eigenvalue weighted by Gasteiger charge is 2.08. The zero-order valence-electron chi connectivity index (χ0n) is 12.7. The van der Waals surface area contributed by atoms with Crippen LogP contribution in [0.3, 0.4) is 0 Å². The number of nitrogens with zero attached hydrogens (tertiary/aromatic N) is 1. The smallest absolute Gasteiger partial charge is 0.329 e. The van der Waals surface area contributed by atoms with Gasteiger partial charge in [0, 0.05) is 6.07 Å². The molecule has 0 fully saturated rings. The fourth-order valence-electron chi connectivity index (χ4n) is 1.93. The maximum atomic E-state index is 11.1. The number of hydrogen-bond acceptors (Lipinski definition) is 4. The molecule has 0 unspecified atom stereocenters. The highest BCUT2D eigenvalue weighted by atomic mass is 32.1. The molecule has 0 aliphatic carbocycles. The van der Waals surface area contributed by atoms with Crippen LogP contribution in [-0.2, 0) is 0 Å². The molecule has 6 heteroatoms. The Morgan fingerprint density at radius 2 is 1.57 bits per heavy atom. The molecule has 0 saturated heterocycles. The minimum atomic E-state index is -0.636. The topological polar surface area (TPSA) is 64.8 Å². The molecule has 0 bridgehead atoms. The number of urea groups is 1. The third-order valence-electron chi connectivity index (χ3n) is 3.09. The van der Waals surface area contributed by atoms with Crippen LogP contribution in [-0.4, -0.2) is 19.2 Å². The Bertz CT molecular complexity index is 622. The Labute approximate surface area is 141 Å². The first kappa shape index (κ1) is 17.0. The van der Waals surface area contributed by atoms with Crippen molar-refractivity contribution >= 4 is 24.5 Å². The average molecular weight is 332 g/mol. The van der Waals surface area contributed by atoms with Crippen LogP contribution in [0.2, 0.25) is 0 Å². The molecule has 0 aromatic heterocycles. The number of thiol groups is 1. The molecule has 0 saturated carbocycles. The van der Waals surface area contributed by atoms with Crippen molar-refractivity contribution in [2.75, 3.05) is 17.5 Å². The number of rotatable bonds is 8. The number of carbonyl (C=O) groups excluding carboxylic acids is 1. The summed E-state index contributed by atoms with van der Waals surface area (Å²) in [5.41, 5.74) is 5.75. The third kappa shape index (κ3) is 5.75. The molecule has 2 aromatic carbocycles. The van der Waals surface area contributed by atoms with E-state index >= 15 is 0 Å². The highest BCUT2D eigenvalue weighted by molar-refractivity contribution is 7.82. The highest BCUT2D eigenvalue weighted by Crippen LogP contribution is 2.22. The molecule has 5 nitrogen and oxygen atoms in total. The van der Waals surface area contributed by atoms with Gasteiger partial charge in [-0.3, -0.25) is 0 Å². The van der Waals surface area contributed by atoms with E-state index in [1.54, 1.807) is 18.2 Å². The standard InChI is InChI=1S/C17H20N2O3S/c18-17(20)19(23)14-7-6-10-16(13-14)22-12-5-4-11-21-15-8-2-1-3-9-15/h1-3,6-10,13,23H,4-5,11-12H2,(H2,18,20). The summed E-state index contributed by atoms with van der Waals surface area (Å²) >= 11 is 4.02. The number of hydrogen-bond donors (Lipinski definition) is 2. The van der Waals surface area contributed by atoms with Crippen molar-refractivity contribution in [3.05, 3.63) is 54.6 Å². The lowest BCUT2D eigenvalue weighted by molar-refractivity contribution is 0.257. The van der Waals surface area contributed by atoms with Crippen LogP contribution in [0.15, 0.2) is 54.6 Å². The van der Waals surface area contributed by atoms with Crippen molar-refractivity contribution in [2.24, 2.45) is 5.73 Å². The van der Waals surface area contributed by atoms with Crippen molar-refractivity contribution in [3.8, 4) is 11.5 Å². The van der Waals surface area contributed by atoms with E-state index < -0.39 is 6.03 Å². The molecule has 2 amide bonds. The summed E-state index contributed by atoms with van der Waals surface area (Å²) in [5.74, 6) is 1.55. The molecule has 122 valence electrons. The van der Waals surface area contributed by atoms with Gasteiger partial charge in [0.1, 0.15) is 11.5 Å². The monoisotopic (exact) mass is 332 g/mol. The summed E-state index contributed by atoms with van der Waals surface area (Å²) in [6.07, 6.45) is 1.77. The Balaban J connectivity index is 1.68. The van der Waals surface area contributed by atoms with Gasteiger partial charge in [-0.05, 0) is 37.1 Å². The second-order valence-corrected chi connectivity index (χ2v) is 5.26. The zero-order chi connectivity index (χ0) is 16.5. The normalized spacial score (nSPS) is 10.1. The van der Waals surface area contributed by atoms with Crippen LogP contribution >= 0.6 is 12.8 Å². The van der Waals surface area contributed by atoms with Crippen LogP contribution in [0.5, 0.6) is 11.5 Å². The zero-order valence-corrected chi connectivity index (χ0v) is 13.6. The van der Waals surface area contributed by atoms with Gasteiger partial charge in [-0.15, -0.1) is 0 Å². The van der Waals surface area contributed by atoms with Crippen molar-refractivity contribution in [1.82, 2.24) is 0 Å². The summed E-state index contributed by atoms with van der Waals surface area (Å²) in [5, 5.41) is 0. The third-order valence-corrected chi connectivity index (χ3v) is 3.52. The summed E-state index contributed by atoms with van der Waals surface area (Å²) < 4.78 is 12.3. The average Bonchev–Trinajstić information content (AvgIpc) is 2.58. The summed E-state index contributed by atoms with van der Waals surface area (Å²) in [7, 11) is 0. The first-order chi connectivity index (χ1) is 11.2. The molecule has 0 heterocycles. The van der Waals surface area contributed by atoms with Crippen LogP contribution in [0.25, 0.3) is 0 Å². The number of unbranched alkanes of at least 4 members (excludes halogenated alkanes) is 1.